The third kappa shape index (κ3) is 5.52. The lowest BCUT2D eigenvalue weighted by atomic mass is 10.1. The molecule has 0 unspecified atom stereocenters. The topological polar surface area (TPSA) is 76.0 Å². The summed E-state index contributed by atoms with van der Waals surface area (Å²) in [6, 6.07) is 9.87. The van der Waals surface area contributed by atoms with Gasteiger partial charge in [-0.25, -0.2) is 4.79 Å². The average Bonchev–Trinajstić information content (AvgIpc) is 2.94. The first kappa shape index (κ1) is 22.5. The Bertz CT molecular complexity index is 1140. The second-order valence-corrected chi connectivity index (χ2v) is 7.62. The number of urea groups is 1. The molecule has 1 heterocycles. The van der Waals surface area contributed by atoms with E-state index in [9.17, 15) is 22.8 Å². The molecule has 0 aliphatic heterocycles. The van der Waals surface area contributed by atoms with E-state index in [-0.39, 0.29) is 11.3 Å². The Morgan fingerprint density at radius 1 is 1.10 bits per heavy atom. The monoisotopic (exact) mass is 494 g/mol. The second-order valence-electron chi connectivity index (χ2n) is 6.83. The Hall–Kier alpha value is -3.14. The molecule has 0 fully saturated rings. The van der Waals surface area contributed by atoms with Gasteiger partial charge in [-0.15, -0.1) is 0 Å². The first-order chi connectivity index (χ1) is 14.5. The fourth-order valence-corrected chi connectivity index (χ4v) is 3.21. The molecule has 0 bridgehead atoms. The normalized spacial score (nSPS) is 11.3. The van der Waals surface area contributed by atoms with Crippen molar-refractivity contribution in [2.45, 2.75) is 26.6 Å². The van der Waals surface area contributed by atoms with Crippen LogP contribution in [0.2, 0.25) is 0 Å². The molecule has 0 saturated carbocycles. The van der Waals surface area contributed by atoms with E-state index in [1.807, 2.05) is 19.9 Å². The predicted octanol–water partition coefficient (Wildman–Crippen LogP) is 5.29. The number of carbonyl (C=O) groups excluding carboxylic acids is 2. The zero-order valence-corrected chi connectivity index (χ0v) is 18.1. The number of hydrogen-bond donors (Lipinski definition) is 2. The lowest BCUT2D eigenvalue weighted by molar-refractivity contribution is -0.137. The number of hydrogen-bond acceptors (Lipinski definition) is 3. The van der Waals surface area contributed by atoms with E-state index in [2.05, 4.69) is 31.7 Å². The number of aromatic nitrogens is 2. The number of carbonyl (C=O) groups is 2. The highest BCUT2D eigenvalue weighted by atomic mass is 79.9. The van der Waals surface area contributed by atoms with Gasteiger partial charge < -0.3 is 5.32 Å². The van der Waals surface area contributed by atoms with Crippen LogP contribution in [0.4, 0.5) is 23.7 Å². The lowest BCUT2D eigenvalue weighted by Gasteiger charge is -2.11. The van der Waals surface area contributed by atoms with Crippen molar-refractivity contribution >= 4 is 33.6 Å². The summed E-state index contributed by atoms with van der Waals surface area (Å²) in [5, 5.41) is 8.78. The number of benzene rings is 2. The standard InChI is InChI=1S/C21H18BrF3N4O2/c1-12-18(22)13(2)29(28-12)11-14-5-3-6-15(9-14)19(30)27-20(31)26-17-8-4-7-16(10-17)21(23,24)25/h3-10H,11H2,1-2H3,(H2,26,27,30,31). The highest BCUT2D eigenvalue weighted by molar-refractivity contribution is 9.10. The molecular weight excluding hydrogens is 477 g/mol. The van der Waals surface area contributed by atoms with Crippen LogP contribution in [0.15, 0.2) is 53.0 Å². The van der Waals surface area contributed by atoms with Crippen LogP contribution >= 0.6 is 15.9 Å². The van der Waals surface area contributed by atoms with Gasteiger partial charge in [-0.3, -0.25) is 14.8 Å². The Kier molecular flexibility index (Phi) is 6.49. The van der Waals surface area contributed by atoms with E-state index in [1.54, 1.807) is 16.8 Å². The van der Waals surface area contributed by atoms with Crippen molar-refractivity contribution < 1.29 is 22.8 Å². The Labute approximate surface area is 184 Å². The molecule has 3 aromatic rings. The molecule has 2 aromatic carbocycles. The number of imide groups is 1. The maximum atomic E-state index is 12.8. The molecule has 2 N–H and O–H groups in total. The maximum absolute atomic E-state index is 12.8. The number of halogens is 4. The fraction of sp³-hybridized carbons (Fsp3) is 0.190. The number of rotatable bonds is 4. The number of nitrogens with one attached hydrogen (secondary N) is 2. The zero-order valence-electron chi connectivity index (χ0n) is 16.5. The van der Waals surface area contributed by atoms with E-state index in [4.69, 9.17) is 0 Å². The molecule has 0 aliphatic rings. The van der Waals surface area contributed by atoms with Gasteiger partial charge in [-0.1, -0.05) is 18.2 Å². The van der Waals surface area contributed by atoms with Crippen molar-refractivity contribution in [2.75, 3.05) is 5.32 Å². The van der Waals surface area contributed by atoms with Gasteiger partial charge >= 0.3 is 12.2 Å². The number of nitrogens with zero attached hydrogens (tertiary/aromatic N) is 2. The molecule has 0 atom stereocenters. The number of aryl methyl sites for hydroxylation is 1. The van der Waals surface area contributed by atoms with Crippen LogP contribution in [0.25, 0.3) is 0 Å². The summed E-state index contributed by atoms with van der Waals surface area (Å²) in [4.78, 5) is 24.5. The minimum absolute atomic E-state index is 0.0796. The van der Waals surface area contributed by atoms with Crippen LogP contribution in [0.3, 0.4) is 0 Å². The molecule has 3 amide bonds. The van der Waals surface area contributed by atoms with Gasteiger partial charge in [0.15, 0.2) is 0 Å². The van der Waals surface area contributed by atoms with Crippen LogP contribution < -0.4 is 10.6 Å². The van der Waals surface area contributed by atoms with E-state index in [1.165, 1.54) is 18.2 Å². The summed E-state index contributed by atoms with van der Waals surface area (Å²) < 4.78 is 41.1. The van der Waals surface area contributed by atoms with E-state index in [0.717, 1.165) is 33.6 Å². The smallest absolute Gasteiger partial charge is 0.308 e. The quantitative estimate of drug-likeness (QED) is 0.517. The van der Waals surface area contributed by atoms with E-state index >= 15 is 0 Å². The molecule has 3 rings (SSSR count). The van der Waals surface area contributed by atoms with Crippen molar-refractivity contribution in [2.24, 2.45) is 0 Å². The Morgan fingerprint density at radius 3 is 2.45 bits per heavy atom. The Balaban J connectivity index is 1.67. The molecule has 31 heavy (non-hydrogen) atoms. The van der Waals surface area contributed by atoms with E-state index in [0.29, 0.717) is 6.54 Å². The summed E-state index contributed by atoms with van der Waals surface area (Å²) in [5.74, 6) is -0.680. The fourth-order valence-electron chi connectivity index (χ4n) is 2.92. The zero-order chi connectivity index (χ0) is 22.8. The van der Waals surface area contributed by atoms with Crippen molar-refractivity contribution in [3.05, 3.63) is 81.1 Å². The minimum atomic E-state index is -4.54. The van der Waals surface area contributed by atoms with Gasteiger partial charge in [0.1, 0.15) is 0 Å². The summed E-state index contributed by atoms with van der Waals surface area (Å²) in [7, 11) is 0. The maximum Gasteiger partial charge on any atom is 0.416 e. The van der Waals surface area contributed by atoms with Crippen LogP contribution in [-0.4, -0.2) is 21.7 Å². The van der Waals surface area contributed by atoms with Crippen LogP contribution in [0.5, 0.6) is 0 Å². The second kappa shape index (κ2) is 8.93. The molecule has 1 aromatic heterocycles. The van der Waals surface area contributed by atoms with Gasteiger partial charge in [-0.2, -0.15) is 18.3 Å². The lowest BCUT2D eigenvalue weighted by Crippen LogP contribution is -2.34. The third-order valence-electron chi connectivity index (χ3n) is 4.49. The summed E-state index contributed by atoms with van der Waals surface area (Å²) in [5.41, 5.74) is 1.83. The molecule has 0 radical (unpaired) electrons. The van der Waals surface area contributed by atoms with Gasteiger partial charge in [0.2, 0.25) is 0 Å². The van der Waals surface area contributed by atoms with Crippen molar-refractivity contribution in [1.82, 2.24) is 15.1 Å². The molecule has 0 aliphatic carbocycles. The Morgan fingerprint density at radius 2 is 1.81 bits per heavy atom. The number of alkyl halides is 3. The van der Waals surface area contributed by atoms with Crippen LogP contribution in [0, 0.1) is 13.8 Å². The van der Waals surface area contributed by atoms with Crippen molar-refractivity contribution in [3.63, 3.8) is 0 Å². The number of anilines is 1. The van der Waals surface area contributed by atoms with Crippen LogP contribution in [0.1, 0.15) is 32.9 Å². The van der Waals surface area contributed by atoms with E-state index < -0.39 is 23.7 Å². The first-order valence-corrected chi connectivity index (χ1v) is 9.92. The first-order valence-electron chi connectivity index (χ1n) is 9.12. The predicted molar refractivity (Wildman–Crippen MR) is 113 cm³/mol. The average molecular weight is 495 g/mol. The van der Waals surface area contributed by atoms with Gasteiger partial charge in [-0.05, 0) is 65.7 Å². The van der Waals surface area contributed by atoms with Gasteiger partial charge in [0.05, 0.1) is 28.0 Å². The summed E-state index contributed by atoms with van der Waals surface area (Å²) in [6.07, 6.45) is -4.54. The molecule has 0 saturated heterocycles. The molecular formula is C21H18BrF3N4O2. The summed E-state index contributed by atoms with van der Waals surface area (Å²) in [6.45, 7) is 4.22. The molecule has 10 heteroatoms. The van der Waals surface area contributed by atoms with Gasteiger partial charge in [0.25, 0.3) is 5.91 Å². The highest BCUT2D eigenvalue weighted by Crippen LogP contribution is 2.30. The SMILES string of the molecule is Cc1nn(Cc2cccc(C(=O)NC(=O)Nc3cccc(C(F)(F)F)c3)c2)c(C)c1Br. The van der Waals surface area contributed by atoms with Crippen LogP contribution in [-0.2, 0) is 12.7 Å². The molecule has 0 spiro atoms. The summed E-state index contributed by atoms with van der Waals surface area (Å²) >= 11 is 3.47. The number of amides is 3. The van der Waals surface area contributed by atoms with Gasteiger partial charge in [0, 0.05) is 11.3 Å². The minimum Gasteiger partial charge on any atom is -0.308 e. The largest absolute Gasteiger partial charge is 0.416 e. The van der Waals surface area contributed by atoms with Crippen molar-refractivity contribution in [1.29, 1.82) is 0 Å². The van der Waals surface area contributed by atoms with Crippen molar-refractivity contribution in [3.8, 4) is 0 Å². The molecule has 6 nitrogen and oxygen atoms in total. The third-order valence-corrected chi connectivity index (χ3v) is 5.64. The highest BCUT2D eigenvalue weighted by Gasteiger charge is 2.30. The molecule has 162 valence electrons.